The highest BCUT2D eigenvalue weighted by Crippen LogP contribution is 2.30. The van der Waals surface area contributed by atoms with Crippen molar-refractivity contribution >= 4 is 17.0 Å². The van der Waals surface area contributed by atoms with Gasteiger partial charge in [0.15, 0.2) is 11.5 Å². The van der Waals surface area contributed by atoms with E-state index in [1.807, 2.05) is 0 Å². The number of aromatic nitrogens is 4. The van der Waals surface area contributed by atoms with Gasteiger partial charge in [0.05, 0.1) is 5.56 Å². The molecule has 0 bridgehead atoms. The molecule has 5 nitrogen and oxygen atoms in total. The zero-order valence-electron chi connectivity index (χ0n) is 9.94. The normalized spacial score (nSPS) is 11.9. The Bertz CT molecular complexity index is 761. The van der Waals surface area contributed by atoms with Crippen molar-refractivity contribution in [3.05, 3.63) is 36.2 Å². The number of anilines is 1. The lowest BCUT2D eigenvalue weighted by Gasteiger charge is -2.06. The molecule has 0 radical (unpaired) electrons. The van der Waals surface area contributed by atoms with Crippen molar-refractivity contribution in [2.24, 2.45) is 0 Å². The summed E-state index contributed by atoms with van der Waals surface area (Å²) in [5, 5.41) is 0. The van der Waals surface area contributed by atoms with E-state index in [1.54, 1.807) is 0 Å². The van der Waals surface area contributed by atoms with Crippen LogP contribution < -0.4 is 5.73 Å². The molecule has 0 aliphatic heterocycles. The van der Waals surface area contributed by atoms with E-state index in [4.69, 9.17) is 5.73 Å². The van der Waals surface area contributed by atoms with Crippen molar-refractivity contribution in [2.45, 2.75) is 6.18 Å². The summed E-state index contributed by atoms with van der Waals surface area (Å²) in [5.41, 5.74) is 6.28. The van der Waals surface area contributed by atoms with Crippen LogP contribution in [0.15, 0.2) is 30.6 Å². The predicted octanol–water partition coefficient (Wildman–Crippen LogP) is 2.62. The maximum atomic E-state index is 12.5. The van der Waals surface area contributed by atoms with Crippen LogP contribution in [0, 0.1) is 0 Å². The minimum atomic E-state index is -4.36. The molecule has 20 heavy (non-hydrogen) atoms. The molecule has 102 valence electrons. The molecule has 0 aliphatic rings. The molecule has 0 saturated carbocycles. The largest absolute Gasteiger partial charge is 0.416 e. The number of imidazole rings is 1. The van der Waals surface area contributed by atoms with Gasteiger partial charge in [0, 0.05) is 5.56 Å². The van der Waals surface area contributed by atoms with Crippen LogP contribution in [-0.4, -0.2) is 19.9 Å². The van der Waals surface area contributed by atoms with Gasteiger partial charge in [-0.25, -0.2) is 15.0 Å². The minimum Gasteiger partial charge on any atom is -0.382 e. The lowest BCUT2D eigenvalue weighted by atomic mass is 10.1. The Morgan fingerprint density at radius 2 is 1.75 bits per heavy atom. The summed E-state index contributed by atoms with van der Waals surface area (Å²) in [5.74, 6) is 0.626. The van der Waals surface area contributed by atoms with E-state index in [-0.39, 0.29) is 5.82 Å². The molecule has 0 saturated heterocycles. The molecule has 3 rings (SSSR count). The third-order valence-electron chi connectivity index (χ3n) is 2.80. The monoisotopic (exact) mass is 279 g/mol. The maximum Gasteiger partial charge on any atom is 0.416 e. The molecule has 0 spiro atoms. The van der Waals surface area contributed by atoms with Crippen LogP contribution in [0.2, 0.25) is 0 Å². The maximum absolute atomic E-state index is 12.5. The smallest absolute Gasteiger partial charge is 0.382 e. The van der Waals surface area contributed by atoms with Crippen molar-refractivity contribution in [2.75, 3.05) is 5.73 Å². The number of aromatic amines is 1. The van der Waals surface area contributed by atoms with Crippen LogP contribution in [-0.2, 0) is 6.18 Å². The first-order valence-electron chi connectivity index (χ1n) is 5.59. The van der Waals surface area contributed by atoms with Crippen LogP contribution in [0.5, 0.6) is 0 Å². The fraction of sp³-hybridized carbons (Fsp3) is 0.0833. The Balaban J connectivity index is 2.05. The van der Waals surface area contributed by atoms with Gasteiger partial charge >= 0.3 is 6.18 Å². The topological polar surface area (TPSA) is 80.5 Å². The van der Waals surface area contributed by atoms with E-state index in [9.17, 15) is 13.2 Å². The summed E-state index contributed by atoms with van der Waals surface area (Å²) in [7, 11) is 0. The molecule has 0 fully saturated rings. The number of fused-ring (bicyclic) bond motifs is 1. The van der Waals surface area contributed by atoms with E-state index in [0.29, 0.717) is 22.6 Å². The molecule has 3 N–H and O–H groups in total. The SMILES string of the molecule is Nc1ncnc2nc(-c3ccc(C(F)(F)F)cc3)[nH]c12. The molecular formula is C12H8F3N5. The quantitative estimate of drug-likeness (QED) is 0.717. The number of rotatable bonds is 1. The average molecular weight is 279 g/mol. The van der Waals surface area contributed by atoms with Gasteiger partial charge in [-0.3, -0.25) is 0 Å². The molecule has 3 aromatic rings. The molecule has 2 heterocycles. The number of hydrogen-bond acceptors (Lipinski definition) is 4. The van der Waals surface area contributed by atoms with Gasteiger partial charge in [-0.1, -0.05) is 12.1 Å². The third-order valence-corrected chi connectivity index (χ3v) is 2.80. The summed E-state index contributed by atoms with van der Waals surface area (Å²) in [4.78, 5) is 14.8. The Labute approximate surface area is 110 Å². The van der Waals surface area contributed by atoms with E-state index in [1.165, 1.54) is 18.5 Å². The molecule has 0 unspecified atom stereocenters. The molecule has 1 aromatic carbocycles. The van der Waals surface area contributed by atoms with Crippen LogP contribution in [0.3, 0.4) is 0 Å². The number of nitrogens with two attached hydrogens (primary N) is 1. The number of nitrogens with one attached hydrogen (secondary N) is 1. The van der Waals surface area contributed by atoms with Gasteiger partial charge in [-0.2, -0.15) is 13.2 Å². The van der Waals surface area contributed by atoms with Gasteiger partial charge in [0.25, 0.3) is 0 Å². The first kappa shape index (κ1) is 12.4. The molecule has 0 amide bonds. The number of alkyl halides is 3. The third kappa shape index (κ3) is 2.04. The van der Waals surface area contributed by atoms with Crippen molar-refractivity contribution < 1.29 is 13.2 Å². The second-order valence-corrected chi connectivity index (χ2v) is 4.12. The summed E-state index contributed by atoms with van der Waals surface area (Å²) >= 11 is 0. The minimum absolute atomic E-state index is 0.237. The summed E-state index contributed by atoms with van der Waals surface area (Å²) in [6, 6.07) is 4.67. The lowest BCUT2D eigenvalue weighted by molar-refractivity contribution is -0.137. The highest BCUT2D eigenvalue weighted by Gasteiger charge is 2.30. The lowest BCUT2D eigenvalue weighted by Crippen LogP contribution is -2.04. The Hall–Kier alpha value is -2.64. The van der Waals surface area contributed by atoms with Crippen molar-refractivity contribution in [3.63, 3.8) is 0 Å². The number of H-pyrrole nitrogens is 1. The van der Waals surface area contributed by atoms with Gasteiger partial charge in [0.2, 0.25) is 0 Å². The Morgan fingerprint density at radius 3 is 2.35 bits per heavy atom. The standard InChI is InChI=1S/C12H8F3N5/c13-12(14,15)7-3-1-6(2-4-7)10-19-8-9(16)17-5-18-11(8)20-10/h1-5H,(H3,16,17,18,19,20). The first-order valence-corrected chi connectivity index (χ1v) is 5.59. The molecule has 0 atom stereocenters. The van der Waals surface area contributed by atoms with E-state index in [0.717, 1.165) is 12.1 Å². The van der Waals surface area contributed by atoms with Crippen LogP contribution in [0.1, 0.15) is 5.56 Å². The van der Waals surface area contributed by atoms with Crippen molar-refractivity contribution in [1.82, 2.24) is 19.9 Å². The van der Waals surface area contributed by atoms with Gasteiger partial charge < -0.3 is 10.7 Å². The van der Waals surface area contributed by atoms with Gasteiger partial charge in [-0.15, -0.1) is 0 Å². The second-order valence-electron chi connectivity index (χ2n) is 4.12. The number of nitrogen functional groups attached to an aromatic ring is 1. The number of nitrogens with zero attached hydrogens (tertiary/aromatic N) is 3. The second kappa shape index (κ2) is 4.19. The van der Waals surface area contributed by atoms with Crippen LogP contribution in [0.25, 0.3) is 22.6 Å². The highest BCUT2D eigenvalue weighted by atomic mass is 19.4. The number of hydrogen-bond donors (Lipinski definition) is 2. The van der Waals surface area contributed by atoms with E-state index in [2.05, 4.69) is 19.9 Å². The Morgan fingerprint density at radius 1 is 1.05 bits per heavy atom. The average Bonchev–Trinajstić information content (AvgIpc) is 2.83. The number of halogens is 3. The molecular weight excluding hydrogens is 271 g/mol. The van der Waals surface area contributed by atoms with Crippen LogP contribution >= 0.6 is 0 Å². The summed E-state index contributed by atoms with van der Waals surface area (Å²) in [6.45, 7) is 0. The molecule has 8 heteroatoms. The van der Waals surface area contributed by atoms with Gasteiger partial charge in [0.1, 0.15) is 17.7 Å². The van der Waals surface area contributed by atoms with Crippen LogP contribution in [0.4, 0.5) is 19.0 Å². The zero-order chi connectivity index (χ0) is 14.3. The van der Waals surface area contributed by atoms with Gasteiger partial charge in [-0.05, 0) is 12.1 Å². The summed E-state index contributed by atoms with van der Waals surface area (Å²) in [6.07, 6.45) is -3.09. The van der Waals surface area contributed by atoms with Crippen molar-refractivity contribution in [1.29, 1.82) is 0 Å². The predicted molar refractivity (Wildman–Crippen MR) is 66.5 cm³/mol. The first-order chi connectivity index (χ1) is 9.45. The van der Waals surface area contributed by atoms with E-state index >= 15 is 0 Å². The van der Waals surface area contributed by atoms with Crippen molar-refractivity contribution in [3.8, 4) is 11.4 Å². The molecule has 2 aromatic heterocycles. The zero-order valence-corrected chi connectivity index (χ0v) is 9.94. The molecule has 0 aliphatic carbocycles. The summed E-state index contributed by atoms with van der Waals surface area (Å²) < 4.78 is 37.5. The Kier molecular flexibility index (Phi) is 2.60. The number of benzene rings is 1. The fourth-order valence-corrected chi connectivity index (χ4v) is 1.80. The van der Waals surface area contributed by atoms with E-state index < -0.39 is 11.7 Å². The fourth-order valence-electron chi connectivity index (χ4n) is 1.80. The highest BCUT2D eigenvalue weighted by molar-refractivity contribution is 5.84.